The molecular formula is C54H46N4. The van der Waals surface area contributed by atoms with Crippen LogP contribution in [0.4, 0.5) is 34.1 Å². The predicted molar refractivity (Wildman–Crippen MR) is 244 cm³/mol. The number of nitriles is 2. The van der Waals surface area contributed by atoms with E-state index in [4.69, 9.17) is 0 Å². The molecule has 0 saturated carbocycles. The van der Waals surface area contributed by atoms with E-state index in [2.05, 4.69) is 195 Å². The van der Waals surface area contributed by atoms with E-state index in [1.165, 1.54) is 11.1 Å². The van der Waals surface area contributed by atoms with E-state index >= 15 is 0 Å². The Hall–Kier alpha value is -7.40. The van der Waals surface area contributed by atoms with Gasteiger partial charge in [0.05, 0.1) is 23.3 Å². The smallest absolute Gasteiger partial charge is 0.0991 e. The Balaban J connectivity index is 1.03. The van der Waals surface area contributed by atoms with E-state index in [0.29, 0.717) is 23.0 Å². The Morgan fingerprint density at radius 2 is 0.534 bits per heavy atom. The largest absolute Gasteiger partial charge is 0.311 e. The van der Waals surface area contributed by atoms with E-state index in [0.717, 1.165) is 56.4 Å². The van der Waals surface area contributed by atoms with Crippen molar-refractivity contribution in [2.75, 3.05) is 9.80 Å². The number of nitrogens with zero attached hydrogens (tertiary/aromatic N) is 4. The summed E-state index contributed by atoms with van der Waals surface area (Å²) >= 11 is 0. The zero-order valence-electron chi connectivity index (χ0n) is 33.4. The average molecular weight is 751 g/mol. The molecule has 0 amide bonds. The highest BCUT2D eigenvalue weighted by Gasteiger charge is 2.15. The topological polar surface area (TPSA) is 54.1 Å². The van der Waals surface area contributed by atoms with Gasteiger partial charge in [0.15, 0.2) is 0 Å². The van der Waals surface area contributed by atoms with Crippen LogP contribution in [0.25, 0.3) is 24.3 Å². The first kappa shape index (κ1) is 38.9. The van der Waals surface area contributed by atoms with Crippen molar-refractivity contribution in [3.63, 3.8) is 0 Å². The van der Waals surface area contributed by atoms with Crippen molar-refractivity contribution in [1.82, 2.24) is 0 Å². The summed E-state index contributed by atoms with van der Waals surface area (Å²) in [5.74, 6) is 0.916. The van der Waals surface area contributed by atoms with Gasteiger partial charge in [0, 0.05) is 34.1 Å². The molecule has 0 heterocycles. The maximum atomic E-state index is 9.35. The van der Waals surface area contributed by atoms with Crippen molar-refractivity contribution < 1.29 is 0 Å². The Bertz CT molecular complexity index is 2380. The predicted octanol–water partition coefficient (Wildman–Crippen LogP) is 15.0. The molecule has 0 unspecified atom stereocenters. The molecule has 0 aliphatic heterocycles. The second-order valence-corrected chi connectivity index (χ2v) is 15.0. The molecule has 7 aromatic carbocycles. The van der Waals surface area contributed by atoms with Crippen molar-refractivity contribution in [3.8, 4) is 12.1 Å². The molecule has 0 radical (unpaired) electrons. The second-order valence-electron chi connectivity index (χ2n) is 15.0. The molecule has 4 nitrogen and oxygen atoms in total. The Morgan fingerprint density at radius 3 is 0.759 bits per heavy atom. The molecule has 0 spiro atoms. The van der Waals surface area contributed by atoms with Crippen LogP contribution in [0.1, 0.15) is 84.0 Å². The molecule has 4 heteroatoms. The maximum absolute atomic E-state index is 9.35. The fourth-order valence-electron chi connectivity index (χ4n) is 6.85. The van der Waals surface area contributed by atoms with Crippen LogP contribution in [0, 0.1) is 22.7 Å². The SMILES string of the molecule is CC(C)c1ccc(N(c2ccc(C#N)cc2)c2ccc(/C=C/c3ccc(/C=C/c4ccc(N(c5ccc(C#N)cc5)c5ccc(C(C)C)cc5)cc4)cc3)cc2)cc1. The summed E-state index contributed by atoms with van der Waals surface area (Å²) in [5, 5.41) is 18.7. The van der Waals surface area contributed by atoms with Gasteiger partial charge >= 0.3 is 0 Å². The zero-order valence-corrected chi connectivity index (χ0v) is 33.4. The van der Waals surface area contributed by atoms with Gasteiger partial charge < -0.3 is 9.80 Å². The summed E-state index contributed by atoms with van der Waals surface area (Å²) in [6, 6.07) is 63.0. The molecule has 0 aliphatic carbocycles. The number of anilines is 6. The first-order valence-corrected chi connectivity index (χ1v) is 19.7. The molecule has 7 aromatic rings. The molecule has 58 heavy (non-hydrogen) atoms. The highest BCUT2D eigenvalue weighted by molar-refractivity contribution is 5.80. The summed E-state index contributed by atoms with van der Waals surface area (Å²) in [4.78, 5) is 4.44. The molecule has 0 atom stereocenters. The molecule has 0 bridgehead atoms. The highest BCUT2D eigenvalue weighted by Crippen LogP contribution is 2.37. The third kappa shape index (κ3) is 9.34. The Labute approximate surface area is 343 Å². The maximum Gasteiger partial charge on any atom is 0.0991 e. The number of rotatable bonds is 12. The van der Waals surface area contributed by atoms with Crippen molar-refractivity contribution in [1.29, 1.82) is 10.5 Å². The Morgan fingerprint density at radius 1 is 0.328 bits per heavy atom. The van der Waals surface area contributed by atoms with E-state index in [-0.39, 0.29) is 0 Å². The van der Waals surface area contributed by atoms with Crippen LogP contribution in [0.3, 0.4) is 0 Å². The summed E-state index contributed by atoms with van der Waals surface area (Å²) in [6.45, 7) is 8.81. The quantitative estimate of drug-likeness (QED) is 0.117. The zero-order chi connectivity index (χ0) is 40.4. The summed E-state index contributed by atoms with van der Waals surface area (Å²) < 4.78 is 0. The lowest BCUT2D eigenvalue weighted by atomic mass is 10.0. The van der Waals surface area contributed by atoms with Gasteiger partial charge in [0.1, 0.15) is 0 Å². The third-order valence-electron chi connectivity index (χ3n) is 10.3. The fraction of sp³-hybridized carbons (Fsp3) is 0.111. The van der Waals surface area contributed by atoms with Gasteiger partial charge in [0.2, 0.25) is 0 Å². The van der Waals surface area contributed by atoms with Crippen molar-refractivity contribution in [2.45, 2.75) is 39.5 Å². The van der Waals surface area contributed by atoms with Crippen LogP contribution in [-0.4, -0.2) is 0 Å². The molecular weight excluding hydrogens is 705 g/mol. The molecule has 0 aromatic heterocycles. The molecule has 0 fully saturated rings. The van der Waals surface area contributed by atoms with E-state index in [1.54, 1.807) is 0 Å². The molecule has 0 saturated heterocycles. The van der Waals surface area contributed by atoms with Gasteiger partial charge in [-0.1, -0.05) is 125 Å². The van der Waals surface area contributed by atoms with E-state index in [1.807, 2.05) is 48.5 Å². The van der Waals surface area contributed by atoms with Crippen LogP contribution in [0.5, 0.6) is 0 Å². The highest BCUT2D eigenvalue weighted by atomic mass is 15.1. The summed E-state index contributed by atoms with van der Waals surface area (Å²) in [7, 11) is 0. The lowest BCUT2D eigenvalue weighted by Gasteiger charge is -2.26. The first-order valence-electron chi connectivity index (χ1n) is 19.7. The third-order valence-corrected chi connectivity index (χ3v) is 10.3. The molecule has 7 rings (SSSR count). The van der Waals surface area contributed by atoms with Gasteiger partial charge in [0.25, 0.3) is 0 Å². The van der Waals surface area contributed by atoms with Gasteiger partial charge in [-0.3, -0.25) is 0 Å². The van der Waals surface area contributed by atoms with Crippen LogP contribution in [0.15, 0.2) is 170 Å². The van der Waals surface area contributed by atoms with Crippen LogP contribution >= 0.6 is 0 Å². The molecule has 0 aliphatic rings. The van der Waals surface area contributed by atoms with Crippen molar-refractivity contribution in [3.05, 3.63) is 214 Å². The number of benzene rings is 7. The van der Waals surface area contributed by atoms with Crippen LogP contribution in [-0.2, 0) is 0 Å². The van der Waals surface area contributed by atoms with Gasteiger partial charge in [-0.2, -0.15) is 10.5 Å². The lowest BCUT2D eigenvalue weighted by Crippen LogP contribution is -2.10. The fourth-order valence-corrected chi connectivity index (χ4v) is 6.85. The summed E-state index contributed by atoms with van der Waals surface area (Å²) in [5.41, 5.74) is 14.6. The minimum Gasteiger partial charge on any atom is -0.311 e. The normalized spacial score (nSPS) is 11.2. The van der Waals surface area contributed by atoms with Gasteiger partial charge in [-0.15, -0.1) is 0 Å². The Kier molecular flexibility index (Phi) is 12.1. The van der Waals surface area contributed by atoms with Crippen LogP contribution < -0.4 is 9.80 Å². The average Bonchev–Trinajstić information content (AvgIpc) is 3.27. The van der Waals surface area contributed by atoms with Crippen molar-refractivity contribution in [2.24, 2.45) is 0 Å². The van der Waals surface area contributed by atoms with E-state index in [9.17, 15) is 10.5 Å². The first-order chi connectivity index (χ1) is 28.3. The minimum atomic E-state index is 0.458. The van der Waals surface area contributed by atoms with E-state index < -0.39 is 0 Å². The van der Waals surface area contributed by atoms with Gasteiger partial charge in [-0.25, -0.2) is 0 Å². The lowest BCUT2D eigenvalue weighted by molar-refractivity contribution is 0.866. The number of hydrogen-bond donors (Lipinski definition) is 0. The molecule has 282 valence electrons. The summed E-state index contributed by atoms with van der Waals surface area (Å²) in [6.07, 6.45) is 8.56. The van der Waals surface area contributed by atoms with Gasteiger partial charge in [-0.05, 0) is 142 Å². The standard InChI is InChI=1S/C54H46N4/c1-39(2)47-21-33-53(34-22-47)57(51-29-17-45(37-55)18-30-51)49-25-13-43(14-26-49)11-9-41-5-7-42(8-6-41)10-12-44-15-27-50(28-16-44)58(52-31-19-46(38-56)20-32-52)54-35-23-48(24-36-54)40(3)4/h5-36,39-40H,1-4H3/b11-9+,12-10+. The molecule has 0 N–H and O–H groups in total. The second kappa shape index (κ2) is 18.0. The van der Waals surface area contributed by atoms with Crippen LogP contribution in [0.2, 0.25) is 0 Å². The minimum absolute atomic E-state index is 0.458. The van der Waals surface area contributed by atoms with Crippen molar-refractivity contribution >= 4 is 58.4 Å². The monoisotopic (exact) mass is 750 g/mol. The number of hydrogen-bond acceptors (Lipinski definition) is 4.